The highest BCUT2D eigenvalue weighted by Crippen LogP contribution is 2.33. The molecule has 174 valence electrons. The van der Waals surface area contributed by atoms with Gasteiger partial charge >= 0.3 is 6.09 Å². The van der Waals surface area contributed by atoms with E-state index in [4.69, 9.17) is 11.6 Å². The van der Waals surface area contributed by atoms with Gasteiger partial charge in [-0.25, -0.2) is 4.79 Å². The third kappa shape index (κ3) is 5.01. The Balaban J connectivity index is 1.88. The number of hydrogen-bond acceptors (Lipinski definition) is 3. The zero-order valence-corrected chi connectivity index (χ0v) is 19.9. The van der Waals surface area contributed by atoms with Crippen LogP contribution in [0.2, 0.25) is 5.02 Å². The number of H-pyrrole nitrogens is 1. The summed E-state index contributed by atoms with van der Waals surface area (Å²) in [5.41, 5.74) is 0.476. The molecule has 3 N–H and O–H groups in total. The molecule has 0 spiro atoms. The van der Waals surface area contributed by atoms with E-state index < -0.39 is 23.7 Å². The minimum atomic E-state index is -1.07. The fraction of sp³-hybridized carbons (Fsp3) is 0.522. The van der Waals surface area contributed by atoms with Gasteiger partial charge in [-0.1, -0.05) is 11.6 Å². The summed E-state index contributed by atoms with van der Waals surface area (Å²) in [6.07, 6.45) is 0.374. The molecule has 0 radical (unpaired) electrons. The first-order chi connectivity index (χ1) is 14.9. The van der Waals surface area contributed by atoms with Crippen LogP contribution < -0.4 is 5.32 Å². The summed E-state index contributed by atoms with van der Waals surface area (Å²) in [5.74, 6) is -0.627. The summed E-state index contributed by atoms with van der Waals surface area (Å²) in [6, 6.07) is 6.11. The van der Waals surface area contributed by atoms with Crippen LogP contribution in [0.3, 0.4) is 0 Å². The highest BCUT2D eigenvalue weighted by Gasteiger charge is 2.43. The molecule has 3 atom stereocenters. The van der Waals surface area contributed by atoms with Gasteiger partial charge in [0, 0.05) is 47.5 Å². The van der Waals surface area contributed by atoms with Crippen molar-refractivity contribution in [3.8, 4) is 0 Å². The molecule has 1 saturated carbocycles. The number of aromatic amines is 1. The summed E-state index contributed by atoms with van der Waals surface area (Å²) in [7, 11) is 3.40. The number of nitrogens with one attached hydrogen (secondary N) is 2. The molecule has 0 aliphatic heterocycles. The number of carbonyl (C=O) groups excluding carboxylic acids is 2. The zero-order valence-electron chi connectivity index (χ0n) is 19.1. The van der Waals surface area contributed by atoms with Crippen molar-refractivity contribution in [2.75, 3.05) is 14.1 Å². The normalized spacial score (nSPS) is 21.2. The van der Waals surface area contributed by atoms with Crippen molar-refractivity contribution < 1.29 is 19.5 Å². The predicted molar refractivity (Wildman–Crippen MR) is 124 cm³/mol. The molecular weight excluding hydrogens is 432 g/mol. The van der Waals surface area contributed by atoms with Crippen molar-refractivity contribution in [2.24, 2.45) is 5.92 Å². The van der Waals surface area contributed by atoms with Gasteiger partial charge in [0.2, 0.25) is 5.91 Å². The summed E-state index contributed by atoms with van der Waals surface area (Å²) in [4.78, 5) is 43.9. The Morgan fingerprint density at radius 2 is 1.84 bits per heavy atom. The maximum absolute atomic E-state index is 13.1. The van der Waals surface area contributed by atoms with Crippen molar-refractivity contribution in [3.05, 3.63) is 35.0 Å². The molecule has 1 fully saturated rings. The summed E-state index contributed by atoms with van der Waals surface area (Å²) in [5, 5.41) is 14.4. The summed E-state index contributed by atoms with van der Waals surface area (Å²) in [6.45, 7) is 5.45. The van der Waals surface area contributed by atoms with Gasteiger partial charge < -0.3 is 20.3 Å². The van der Waals surface area contributed by atoms with Crippen molar-refractivity contribution in [3.63, 3.8) is 0 Å². The number of aromatic nitrogens is 1. The van der Waals surface area contributed by atoms with Gasteiger partial charge in [0.05, 0.1) is 6.04 Å². The second-order valence-corrected chi connectivity index (χ2v) is 10.1. The van der Waals surface area contributed by atoms with E-state index in [1.165, 1.54) is 4.90 Å². The van der Waals surface area contributed by atoms with E-state index in [0.29, 0.717) is 30.0 Å². The molecule has 1 aromatic heterocycles. The van der Waals surface area contributed by atoms with Gasteiger partial charge in [-0.2, -0.15) is 0 Å². The van der Waals surface area contributed by atoms with E-state index >= 15 is 0 Å². The van der Waals surface area contributed by atoms with Gasteiger partial charge in [0.15, 0.2) is 0 Å². The van der Waals surface area contributed by atoms with Crippen LogP contribution in [-0.4, -0.2) is 69.5 Å². The van der Waals surface area contributed by atoms with E-state index in [2.05, 4.69) is 10.3 Å². The van der Waals surface area contributed by atoms with Crippen LogP contribution >= 0.6 is 11.6 Å². The first kappa shape index (κ1) is 23.9. The fourth-order valence-corrected chi connectivity index (χ4v) is 4.77. The third-order valence-corrected chi connectivity index (χ3v) is 6.25. The average Bonchev–Trinajstić information content (AvgIpc) is 3.10. The third-order valence-electron chi connectivity index (χ3n) is 6.01. The van der Waals surface area contributed by atoms with Crippen molar-refractivity contribution in [1.29, 1.82) is 0 Å². The van der Waals surface area contributed by atoms with Gasteiger partial charge in [-0.05, 0) is 64.3 Å². The smallest absolute Gasteiger partial charge is 0.408 e. The Morgan fingerprint density at radius 1 is 1.16 bits per heavy atom. The summed E-state index contributed by atoms with van der Waals surface area (Å²) >= 11 is 6.04. The number of carboxylic acid groups (broad SMARTS) is 1. The van der Waals surface area contributed by atoms with Crippen LogP contribution in [-0.2, 0) is 4.79 Å². The quantitative estimate of drug-likeness (QED) is 0.639. The lowest BCUT2D eigenvalue weighted by Crippen LogP contribution is -2.61. The number of fused-ring (bicyclic) bond motifs is 1. The van der Waals surface area contributed by atoms with Crippen LogP contribution in [0.4, 0.5) is 4.79 Å². The largest absolute Gasteiger partial charge is 0.465 e. The standard InChI is InChI=1S/C23H31ClN4O4/c1-23(2,3)28(22(31)32)19-12-13(21(30)27(4)5)6-8-17(19)26-20(29)18-11-14-10-15(24)7-9-16(14)25-18/h7,9-11,13,17,19,25H,6,8,12H2,1-5H3,(H,26,29)(H,31,32)/t13-,17-,19+/m0/s1. The molecule has 8 nitrogen and oxygen atoms in total. The minimum Gasteiger partial charge on any atom is -0.465 e. The molecule has 1 aromatic carbocycles. The topological polar surface area (TPSA) is 106 Å². The minimum absolute atomic E-state index is 0.0217. The van der Waals surface area contributed by atoms with Gasteiger partial charge in [0.1, 0.15) is 5.69 Å². The second-order valence-electron chi connectivity index (χ2n) is 9.63. The fourth-order valence-electron chi connectivity index (χ4n) is 4.59. The van der Waals surface area contributed by atoms with Crippen LogP contribution in [0.1, 0.15) is 50.5 Å². The Bertz CT molecular complexity index is 1030. The first-order valence-electron chi connectivity index (χ1n) is 10.7. The van der Waals surface area contributed by atoms with Gasteiger partial charge in [0.25, 0.3) is 5.91 Å². The number of amides is 3. The lowest BCUT2D eigenvalue weighted by atomic mass is 9.79. The first-order valence-corrected chi connectivity index (χ1v) is 11.1. The van der Waals surface area contributed by atoms with Crippen LogP contribution in [0, 0.1) is 5.92 Å². The molecule has 1 aliphatic rings. The zero-order chi connectivity index (χ0) is 23.8. The highest BCUT2D eigenvalue weighted by molar-refractivity contribution is 6.31. The molecule has 3 rings (SSSR count). The van der Waals surface area contributed by atoms with Crippen LogP contribution in [0.15, 0.2) is 24.3 Å². The molecule has 0 unspecified atom stereocenters. The molecule has 1 heterocycles. The molecule has 3 amide bonds. The maximum Gasteiger partial charge on any atom is 0.408 e. The molecule has 0 saturated heterocycles. The van der Waals surface area contributed by atoms with E-state index in [1.54, 1.807) is 43.3 Å². The number of nitrogens with zero attached hydrogens (tertiary/aromatic N) is 2. The molecule has 0 bridgehead atoms. The monoisotopic (exact) mass is 462 g/mol. The molecule has 9 heteroatoms. The molecular formula is C23H31ClN4O4. The van der Waals surface area contributed by atoms with E-state index in [-0.39, 0.29) is 17.7 Å². The van der Waals surface area contributed by atoms with Crippen molar-refractivity contribution in [1.82, 2.24) is 20.1 Å². The highest BCUT2D eigenvalue weighted by atomic mass is 35.5. The Morgan fingerprint density at radius 3 is 2.44 bits per heavy atom. The van der Waals surface area contributed by atoms with Crippen LogP contribution in [0.25, 0.3) is 10.9 Å². The van der Waals surface area contributed by atoms with Crippen molar-refractivity contribution in [2.45, 2.75) is 57.7 Å². The Labute approximate surface area is 192 Å². The second kappa shape index (κ2) is 9.02. The number of hydrogen-bond donors (Lipinski definition) is 3. The Hall–Kier alpha value is -2.74. The number of carbonyl (C=O) groups is 3. The van der Waals surface area contributed by atoms with E-state index in [1.807, 2.05) is 20.8 Å². The predicted octanol–water partition coefficient (Wildman–Crippen LogP) is 3.96. The van der Waals surface area contributed by atoms with E-state index in [0.717, 1.165) is 10.9 Å². The molecule has 32 heavy (non-hydrogen) atoms. The Kier molecular flexibility index (Phi) is 6.74. The summed E-state index contributed by atoms with van der Waals surface area (Å²) < 4.78 is 0. The SMILES string of the molecule is CN(C)C(=O)[C@H]1CC[C@H](NC(=O)c2cc3cc(Cl)ccc3[nH]2)[C@H](N(C(=O)O)C(C)(C)C)C1. The lowest BCUT2D eigenvalue weighted by molar-refractivity contribution is -0.135. The van der Waals surface area contributed by atoms with Gasteiger partial charge in [-0.3, -0.25) is 14.5 Å². The average molecular weight is 463 g/mol. The lowest BCUT2D eigenvalue weighted by Gasteiger charge is -2.47. The number of rotatable bonds is 4. The maximum atomic E-state index is 13.1. The molecule has 2 aromatic rings. The van der Waals surface area contributed by atoms with E-state index in [9.17, 15) is 19.5 Å². The number of halogens is 1. The van der Waals surface area contributed by atoms with Crippen molar-refractivity contribution >= 4 is 40.4 Å². The number of benzene rings is 1. The van der Waals surface area contributed by atoms with Crippen LogP contribution in [0.5, 0.6) is 0 Å². The molecule has 1 aliphatic carbocycles. The van der Waals surface area contributed by atoms with Gasteiger partial charge in [-0.15, -0.1) is 0 Å².